The number of para-hydroxylation sites is 1. The SMILES string of the molecule is Cc1ccccc1OC1(C(=O)O)CCN(C(=O)CNC(N)=O)CC1. The smallest absolute Gasteiger partial charge is 0.348 e. The van der Waals surface area contributed by atoms with E-state index in [1.165, 1.54) is 4.90 Å². The summed E-state index contributed by atoms with van der Waals surface area (Å²) >= 11 is 0. The molecule has 0 bridgehead atoms. The number of ether oxygens (including phenoxy) is 1. The first-order chi connectivity index (χ1) is 11.3. The summed E-state index contributed by atoms with van der Waals surface area (Å²) < 4.78 is 5.83. The Bertz CT molecular complexity index is 638. The molecule has 3 amide bonds. The fourth-order valence-corrected chi connectivity index (χ4v) is 2.63. The van der Waals surface area contributed by atoms with Gasteiger partial charge in [0.1, 0.15) is 5.75 Å². The average molecular weight is 335 g/mol. The highest BCUT2D eigenvalue weighted by molar-refractivity contribution is 5.84. The molecule has 1 aliphatic heterocycles. The van der Waals surface area contributed by atoms with Crippen LogP contribution >= 0.6 is 0 Å². The van der Waals surface area contributed by atoms with Gasteiger partial charge in [0.15, 0.2) is 0 Å². The summed E-state index contributed by atoms with van der Waals surface area (Å²) in [6, 6.07) is 6.44. The number of primary amides is 1. The summed E-state index contributed by atoms with van der Waals surface area (Å²) in [5.41, 5.74) is 4.42. The van der Waals surface area contributed by atoms with E-state index in [4.69, 9.17) is 10.5 Å². The number of amides is 3. The van der Waals surface area contributed by atoms with E-state index in [1.54, 1.807) is 12.1 Å². The molecule has 2 rings (SSSR count). The van der Waals surface area contributed by atoms with Crippen molar-refractivity contribution in [3.05, 3.63) is 29.8 Å². The van der Waals surface area contributed by atoms with Gasteiger partial charge in [0.25, 0.3) is 0 Å². The number of carboxylic acid groups (broad SMARTS) is 1. The van der Waals surface area contributed by atoms with Crippen LogP contribution in [0.15, 0.2) is 24.3 Å². The number of hydrogen-bond acceptors (Lipinski definition) is 4. The number of carbonyl (C=O) groups excluding carboxylic acids is 2. The molecule has 1 fully saturated rings. The van der Waals surface area contributed by atoms with Gasteiger partial charge in [0, 0.05) is 25.9 Å². The molecule has 24 heavy (non-hydrogen) atoms. The summed E-state index contributed by atoms with van der Waals surface area (Å²) in [6.45, 7) is 2.11. The largest absolute Gasteiger partial charge is 0.478 e. The average Bonchev–Trinajstić information content (AvgIpc) is 2.55. The third kappa shape index (κ3) is 3.95. The number of nitrogens with zero attached hydrogens (tertiary/aromatic N) is 1. The molecule has 1 heterocycles. The van der Waals surface area contributed by atoms with Gasteiger partial charge in [0.2, 0.25) is 11.5 Å². The van der Waals surface area contributed by atoms with E-state index < -0.39 is 17.6 Å². The summed E-state index contributed by atoms with van der Waals surface area (Å²) in [7, 11) is 0. The Kier molecular flexibility index (Phi) is 5.28. The van der Waals surface area contributed by atoms with Crippen molar-refractivity contribution in [3.8, 4) is 5.75 Å². The number of urea groups is 1. The van der Waals surface area contributed by atoms with Crippen LogP contribution in [0, 0.1) is 6.92 Å². The van der Waals surface area contributed by atoms with Crippen molar-refractivity contribution in [1.82, 2.24) is 10.2 Å². The number of nitrogens with one attached hydrogen (secondary N) is 1. The number of aryl methyl sites for hydroxylation is 1. The summed E-state index contributed by atoms with van der Waals surface area (Å²) in [6.07, 6.45) is 0.331. The molecule has 0 saturated carbocycles. The zero-order valence-corrected chi connectivity index (χ0v) is 13.4. The Balaban J connectivity index is 2.04. The minimum absolute atomic E-state index is 0.166. The van der Waals surface area contributed by atoms with E-state index in [9.17, 15) is 19.5 Å². The molecule has 8 nitrogen and oxygen atoms in total. The molecule has 0 radical (unpaired) electrons. The number of hydrogen-bond donors (Lipinski definition) is 3. The molecule has 1 aliphatic rings. The molecule has 1 aromatic carbocycles. The van der Waals surface area contributed by atoms with Gasteiger partial charge in [-0.1, -0.05) is 18.2 Å². The Hall–Kier alpha value is -2.77. The minimum Gasteiger partial charge on any atom is -0.478 e. The highest BCUT2D eigenvalue weighted by Gasteiger charge is 2.45. The van der Waals surface area contributed by atoms with Crippen LogP contribution in [0.4, 0.5) is 4.79 Å². The van der Waals surface area contributed by atoms with Gasteiger partial charge in [-0.15, -0.1) is 0 Å². The first kappa shape index (κ1) is 17.6. The van der Waals surface area contributed by atoms with E-state index in [2.05, 4.69) is 5.32 Å². The molecular formula is C16H21N3O5. The van der Waals surface area contributed by atoms with Gasteiger partial charge in [0.05, 0.1) is 6.54 Å². The fourth-order valence-electron chi connectivity index (χ4n) is 2.63. The number of aliphatic carboxylic acids is 1. The number of rotatable bonds is 5. The second-order valence-electron chi connectivity index (χ2n) is 5.77. The maximum absolute atomic E-state index is 12.0. The topological polar surface area (TPSA) is 122 Å². The van der Waals surface area contributed by atoms with Gasteiger partial charge < -0.3 is 25.8 Å². The third-order valence-electron chi connectivity index (χ3n) is 4.13. The standard InChI is InChI=1S/C16H21N3O5/c1-11-4-2-3-5-12(11)24-16(14(21)22)6-8-19(9-7-16)13(20)10-18-15(17)23/h2-5H,6-10H2,1H3,(H,21,22)(H3,17,18,23). The van der Waals surface area contributed by atoms with Crippen molar-refractivity contribution < 1.29 is 24.2 Å². The van der Waals surface area contributed by atoms with Crippen LogP contribution < -0.4 is 15.8 Å². The molecule has 0 spiro atoms. The van der Waals surface area contributed by atoms with Crippen molar-refractivity contribution in [1.29, 1.82) is 0 Å². The number of nitrogens with two attached hydrogens (primary N) is 1. The van der Waals surface area contributed by atoms with Crippen molar-refractivity contribution >= 4 is 17.9 Å². The lowest BCUT2D eigenvalue weighted by Crippen LogP contribution is -2.55. The lowest BCUT2D eigenvalue weighted by molar-refractivity contribution is -0.161. The first-order valence-electron chi connectivity index (χ1n) is 7.63. The molecule has 8 heteroatoms. The molecule has 1 saturated heterocycles. The molecule has 0 aliphatic carbocycles. The lowest BCUT2D eigenvalue weighted by Gasteiger charge is -2.39. The van der Waals surface area contributed by atoms with Crippen LogP contribution in [-0.2, 0) is 9.59 Å². The summed E-state index contributed by atoms with van der Waals surface area (Å²) in [5.74, 6) is -0.827. The van der Waals surface area contributed by atoms with E-state index in [1.807, 2.05) is 19.1 Å². The van der Waals surface area contributed by atoms with Gasteiger partial charge in [-0.25, -0.2) is 9.59 Å². The van der Waals surface area contributed by atoms with Gasteiger partial charge in [-0.2, -0.15) is 0 Å². The van der Waals surface area contributed by atoms with E-state index in [0.717, 1.165) is 5.56 Å². The number of carboxylic acids is 1. The van der Waals surface area contributed by atoms with E-state index in [0.29, 0.717) is 5.75 Å². The molecule has 0 atom stereocenters. The molecular weight excluding hydrogens is 314 g/mol. The Morgan fingerprint density at radius 3 is 2.46 bits per heavy atom. The molecule has 0 unspecified atom stereocenters. The molecule has 130 valence electrons. The first-order valence-corrected chi connectivity index (χ1v) is 7.63. The molecule has 1 aromatic rings. The van der Waals surface area contributed by atoms with Crippen LogP contribution in [0.3, 0.4) is 0 Å². The number of piperidine rings is 1. The predicted molar refractivity (Wildman–Crippen MR) is 85.6 cm³/mol. The zero-order chi connectivity index (χ0) is 17.7. The monoisotopic (exact) mass is 335 g/mol. The molecule has 4 N–H and O–H groups in total. The highest BCUT2D eigenvalue weighted by atomic mass is 16.5. The van der Waals surface area contributed by atoms with Gasteiger partial charge >= 0.3 is 12.0 Å². The quantitative estimate of drug-likeness (QED) is 0.723. The van der Waals surface area contributed by atoms with E-state index >= 15 is 0 Å². The van der Waals surface area contributed by atoms with Crippen molar-refractivity contribution in [2.75, 3.05) is 19.6 Å². The Labute approximate surface area is 139 Å². The van der Waals surface area contributed by atoms with Crippen molar-refractivity contribution in [2.45, 2.75) is 25.4 Å². The second-order valence-corrected chi connectivity index (χ2v) is 5.77. The third-order valence-corrected chi connectivity index (χ3v) is 4.13. The van der Waals surface area contributed by atoms with Crippen LogP contribution in [0.5, 0.6) is 5.75 Å². The normalized spacial score (nSPS) is 16.3. The summed E-state index contributed by atoms with van der Waals surface area (Å²) in [4.78, 5) is 35.9. The van der Waals surface area contributed by atoms with Crippen LogP contribution in [0.1, 0.15) is 18.4 Å². The van der Waals surface area contributed by atoms with Crippen molar-refractivity contribution in [2.24, 2.45) is 5.73 Å². The number of benzene rings is 1. The lowest BCUT2D eigenvalue weighted by atomic mass is 9.90. The number of likely N-dealkylation sites (tertiary alicyclic amines) is 1. The highest BCUT2D eigenvalue weighted by Crippen LogP contribution is 2.31. The molecule has 0 aromatic heterocycles. The number of carbonyl (C=O) groups is 3. The fraction of sp³-hybridized carbons (Fsp3) is 0.438. The van der Waals surface area contributed by atoms with Gasteiger partial charge in [-0.3, -0.25) is 4.79 Å². The zero-order valence-electron chi connectivity index (χ0n) is 13.4. The van der Waals surface area contributed by atoms with Gasteiger partial charge in [-0.05, 0) is 18.6 Å². The van der Waals surface area contributed by atoms with E-state index in [-0.39, 0.29) is 38.4 Å². The minimum atomic E-state index is -1.36. The van der Waals surface area contributed by atoms with Crippen LogP contribution in [0.25, 0.3) is 0 Å². The van der Waals surface area contributed by atoms with Crippen LogP contribution in [0.2, 0.25) is 0 Å². The summed E-state index contributed by atoms with van der Waals surface area (Å²) in [5, 5.41) is 11.9. The Morgan fingerprint density at radius 2 is 1.92 bits per heavy atom. The maximum atomic E-state index is 12.0. The van der Waals surface area contributed by atoms with Crippen molar-refractivity contribution in [3.63, 3.8) is 0 Å². The predicted octanol–water partition coefficient (Wildman–Crippen LogP) is 0.488. The Morgan fingerprint density at radius 1 is 1.29 bits per heavy atom. The maximum Gasteiger partial charge on any atom is 0.348 e. The second kappa shape index (κ2) is 7.20. The van der Waals surface area contributed by atoms with Crippen LogP contribution in [-0.4, -0.2) is 53.1 Å².